The smallest absolute Gasteiger partial charge is 0.327 e. The van der Waals surface area contributed by atoms with Crippen molar-refractivity contribution in [3.05, 3.63) is 35.9 Å². The molecule has 2 atom stereocenters. The van der Waals surface area contributed by atoms with E-state index >= 15 is 0 Å². The van der Waals surface area contributed by atoms with Crippen molar-refractivity contribution in [1.29, 1.82) is 0 Å². The zero-order chi connectivity index (χ0) is 15.5. The molecule has 1 aliphatic carbocycles. The van der Waals surface area contributed by atoms with Crippen molar-refractivity contribution in [3.8, 4) is 0 Å². The number of hydrogen-bond acceptors (Lipinski definition) is 3. The molecule has 2 unspecified atom stereocenters. The molecule has 2 aliphatic rings. The fourth-order valence-corrected chi connectivity index (χ4v) is 5.12. The molecule has 3 rings (SSSR count). The highest BCUT2D eigenvalue weighted by molar-refractivity contribution is 8.00. The van der Waals surface area contributed by atoms with Crippen molar-refractivity contribution in [2.24, 2.45) is 5.92 Å². The lowest BCUT2D eigenvalue weighted by Crippen LogP contribution is -2.48. The van der Waals surface area contributed by atoms with Gasteiger partial charge in [-0.1, -0.05) is 37.5 Å². The van der Waals surface area contributed by atoms with Crippen LogP contribution in [0.2, 0.25) is 0 Å². The normalized spacial score (nSPS) is 26.1. The minimum atomic E-state index is -0.893. The maximum Gasteiger partial charge on any atom is 0.327 e. The van der Waals surface area contributed by atoms with Gasteiger partial charge < -0.3 is 10.0 Å². The van der Waals surface area contributed by atoms with Gasteiger partial charge in [-0.05, 0) is 30.9 Å². The van der Waals surface area contributed by atoms with E-state index in [4.69, 9.17) is 0 Å². The maximum atomic E-state index is 12.9. The maximum absolute atomic E-state index is 12.9. The van der Waals surface area contributed by atoms with E-state index in [0.717, 1.165) is 12.8 Å². The molecule has 2 fully saturated rings. The monoisotopic (exact) mass is 319 g/mol. The van der Waals surface area contributed by atoms with Crippen LogP contribution in [0.4, 0.5) is 0 Å². The minimum Gasteiger partial charge on any atom is -0.480 e. The number of hydrogen-bond donors (Lipinski definition) is 1. The average Bonchev–Trinajstić information content (AvgIpc) is 3.01. The van der Waals surface area contributed by atoms with Gasteiger partial charge in [0.05, 0.1) is 5.37 Å². The Labute approximate surface area is 134 Å². The van der Waals surface area contributed by atoms with Crippen LogP contribution in [0.15, 0.2) is 30.3 Å². The Morgan fingerprint density at radius 3 is 2.41 bits per heavy atom. The van der Waals surface area contributed by atoms with Gasteiger partial charge in [-0.3, -0.25) is 4.79 Å². The van der Waals surface area contributed by atoms with Crippen LogP contribution in [0.25, 0.3) is 0 Å². The third kappa shape index (κ3) is 3.00. The summed E-state index contributed by atoms with van der Waals surface area (Å²) in [5, 5.41) is 9.50. The number of carbonyl (C=O) groups excluding carboxylic acids is 1. The molecule has 0 radical (unpaired) electrons. The highest BCUT2D eigenvalue weighted by Crippen LogP contribution is 2.41. The second-order valence-electron chi connectivity index (χ2n) is 6.05. The number of carbonyl (C=O) groups is 2. The van der Waals surface area contributed by atoms with Crippen molar-refractivity contribution in [2.75, 3.05) is 5.75 Å². The summed E-state index contributed by atoms with van der Waals surface area (Å²) in [6.45, 7) is 0. The second kappa shape index (κ2) is 6.73. The Bertz CT molecular complexity index is 542. The Hall–Kier alpha value is -1.49. The van der Waals surface area contributed by atoms with Crippen molar-refractivity contribution >= 4 is 23.6 Å². The van der Waals surface area contributed by atoms with Crippen LogP contribution in [0.1, 0.15) is 42.5 Å². The van der Waals surface area contributed by atoms with E-state index in [-0.39, 0.29) is 11.3 Å². The van der Waals surface area contributed by atoms with Gasteiger partial charge in [-0.15, -0.1) is 11.8 Å². The zero-order valence-electron chi connectivity index (χ0n) is 12.5. The van der Waals surface area contributed by atoms with Crippen molar-refractivity contribution < 1.29 is 14.7 Å². The van der Waals surface area contributed by atoms with E-state index in [2.05, 4.69) is 0 Å². The van der Waals surface area contributed by atoms with Gasteiger partial charge in [0.25, 0.3) is 5.91 Å². The molecular weight excluding hydrogens is 298 g/mol. The number of rotatable bonds is 3. The molecule has 1 saturated carbocycles. The third-order valence-electron chi connectivity index (χ3n) is 4.63. The topological polar surface area (TPSA) is 57.6 Å². The molecule has 1 aliphatic heterocycles. The molecule has 1 heterocycles. The lowest BCUT2D eigenvalue weighted by Gasteiger charge is -2.34. The summed E-state index contributed by atoms with van der Waals surface area (Å²) in [5.74, 6) is -0.117. The van der Waals surface area contributed by atoms with Crippen LogP contribution >= 0.6 is 11.8 Å². The number of benzene rings is 1. The summed E-state index contributed by atoms with van der Waals surface area (Å²) >= 11 is 1.64. The van der Waals surface area contributed by atoms with Crippen LogP contribution in [-0.2, 0) is 4.79 Å². The highest BCUT2D eigenvalue weighted by atomic mass is 32.2. The molecule has 0 aromatic heterocycles. The van der Waals surface area contributed by atoms with Crippen LogP contribution < -0.4 is 0 Å². The predicted octanol–water partition coefficient (Wildman–Crippen LogP) is 3.24. The van der Waals surface area contributed by atoms with Crippen LogP contribution in [-0.4, -0.2) is 39.1 Å². The summed E-state index contributed by atoms with van der Waals surface area (Å²) in [5.41, 5.74) is 0.581. The lowest BCUT2D eigenvalue weighted by atomic mass is 9.88. The van der Waals surface area contributed by atoms with E-state index in [0.29, 0.717) is 17.2 Å². The molecule has 1 aromatic carbocycles. The van der Waals surface area contributed by atoms with E-state index < -0.39 is 12.0 Å². The first-order valence-corrected chi connectivity index (χ1v) is 8.95. The fraction of sp³-hybridized carbons (Fsp3) is 0.529. The molecule has 5 heteroatoms. The van der Waals surface area contributed by atoms with Gasteiger partial charge in [-0.2, -0.15) is 0 Å². The molecule has 0 spiro atoms. The second-order valence-corrected chi connectivity index (χ2v) is 7.20. The molecule has 1 N–H and O–H groups in total. The van der Waals surface area contributed by atoms with E-state index in [1.165, 1.54) is 19.3 Å². The van der Waals surface area contributed by atoms with Crippen LogP contribution in [0.5, 0.6) is 0 Å². The Morgan fingerprint density at radius 2 is 1.77 bits per heavy atom. The summed E-state index contributed by atoms with van der Waals surface area (Å²) in [6, 6.07) is 8.33. The molecule has 22 heavy (non-hydrogen) atoms. The zero-order valence-corrected chi connectivity index (χ0v) is 13.3. The Kier molecular flexibility index (Phi) is 4.71. The van der Waals surface area contributed by atoms with Crippen molar-refractivity contribution in [1.82, 2.24) is 4.90 Å². The first-order chi connectivity index (χ1) is 10.7. The first kappa shape index (κ1) is 15.4. The lowest BCUT2D eigenvalue weighted by molar-refractivity contribution is -0.141. The number of nitrogens with zero attached hydrogens (tertiary/aromatic N) is 1. The molecule has 1 aromatic rings. The van der Waals surface area contributed by atoms with Gasteiger partial charge in [-0.25, -0.2) is 4.79 Å². The van der Waals surface area contributed by atoms with E-state index in [1.54, 1.807) is 28.8 Å². The Morgan fingerprint density at radius 1 is 1.09 bits per heavy atom. The van der Waals surface area contributed by atoms with Crippen LogP contribution in [0.3, 0.4) is 0 Å². The number of thioether (sulfide) groups is 1. The molecule has 4 nitrogen and oxygen atoms in total. The van der Waals surface area contributed by atoms with E-state index in [9.17, 15) is 14.7 Å². The van der Waals surface area contributed by atoms with Gasteiger partial charge in [0.1, 0.15) is 6.04 Å². The number of carboxylic acid groups (broad SMARTS) is 1. The average molecular weight is 319 g/mol. The summed E-state index contributed by atoms with van der Waals surface area (Å²) < 4.78 is 0. The molecule has 118 valence electrons. The molecular formula is C17H21NO3S. The SMILES string of the molecule is O=C(O)C1CSC(C2CCCCC2)N1C(=O)c1ccccc1. The van der Waals surface area contributed by atoms with Crippen molar-refractivity contribution in [3.63, 3.8) is 0 Å². The number of amides is 1. The van der Waals surface area contributed by atoms with Gasteiger partial charge in [0.2, 0.25) is 0 Å². The van der Waals surface area contributed by atoms with Gasteiger partial charge in [0.15, 0.2) is 0 Å². The third-order valence-corrected chi connectivity index (χ3v) is 6.09. The van der Waals surface area contributed by atoms with E-state index in [1.807, 2.05) is 18.2 Å². The van der Waals surface area contributed by atoms with Gasteiger partial charge >= 0.3 is 5.97 Å². The number of aliphatic carboxylic acids is 1. The van der Waals surface area contributed by atoms with Crippen molar-refractivity contribution in [2.45, 2.75) is 43.5 Å². The summed E-state index contributed by atoms with van der Waals surface area (Å²) in [4.78, 5) is 26.1. The molecule has 0 bridgehead atoms. The molecule has 1 amide bonds. The molecule has 1 saturated heterocycles. The Balaban J connectivity index is 1.86. The van der Waals surface area contributed by atoms with Gasteiger partial charge in [0, 0.05) is 11.3 Å². The first-order valence-electron chi connectivity index (χ1n) is 7.90. The standard InChI is InChI=1S/C17H21NO3S/c19-15(12-7-3-1-4-8-12)18-14(17(20)21)11-22-16(18)13-9-5-2-6-10-13/h1,3-4,7-8,13-14,16H,2,5-6,9-11H2,(H,20,21). The largest absolute Gasteiger partial charge is 0.480 e. The summed E-state index contributed by atoms with van der Waals surface area (Å²) in [7, 11) is 0. The fourth-order valence-electron chi connectivity index (χ4n) is 3.49. The summed E-state index contributed by atoms with van der Waals surface area (Å²) in [6.07, 6.45) is 5.83. The van der Waals surface area contributed by atoms with Crippen LogP contribution in [0, 0.1) is 5.92 Å². The quantitative estimate of drug-likeness (QED) is 0.929. The predicted molar refractivity (Wildman–Crippen MR) is 86.9 cm³/mol. The highest BCUT2D eigenvalue weighted by Gasteiger charge is 2.45. The number of carboxylic acids is 1. The minimum absolute atomic E-state index is 0.00843.